The Hall–Kier alpha value is -6.98. The van der Waals surface area contributed by atoms with Crippen LogP contribution in [0.3, 0.4) is 0 Å². The lowest BCUT2D eigenvalue weighted by Crippen LogP contribution is -2.64. The van der Waals surface area contributed by atoms with Gasteiger partial charge in [0.05, 0.1) is 85.9 Å². The highest BCUT2D eigenvalue weighted by Crippen LogP contribution is 2.52. The molecule has 0 atom stereocenters. The van der Waals surface area contributed by atoms with Crippen molar-refractivity contribution in [1.29, 1.82) is 0 Å². The molecule has 0 unspecified atom stereocenters. The van der Waals surface area contributed by atoms with Gasteiger partial charge in [-0.3, -0.25) is 0 Å². The number of likely N-dealkylation sites (tertiary alicyclic amines) is 1. The summed E-state index contributed by atoms with van der Waals surface area (Å²) in [6.45, 7) is 23.9. The lowest BCUT2D eigenvalue weighted by molar-refractivity contribution is -0.929. The Morgan fingerprint density at radius 1 is 0.548 bits per heavy atom. The molecule has 124 heavy (non-hydrogen) atoms. The largest absolute Gasteiger partial charge is 0.870 e. The van der Waals surface area contributed by atoms with Crippen LogP contribution in [-0.2, 0) is 73.9 Å². The number of imidazole rings is 1. The first-order valence-electron chi connectivity index (χ1n) is 41.6. The molecule has 35 heteroatoms. The molecule has 6 aromatic carbocycles. The van der Waals surface area contributed by atoms with E-state index in [0.717, 1.165) is 33.9 Å². The fourth-order valence-electron chi connectivity index (χ4n) is 12.4. The number of amides is 1. The fraction of sp³-hybridized carbons (Fsp3) is 0.551. The van der Waals surface area contributed by atoms with Crippen molar-refractivity contribution in [3.63, 3.8) is 0 Å². The highest BCUT2D eigenvalue weighted by Gasteiger charge is 2.82. The molecule has 5 N–H and O–H groups in total. The van der Waals surface area contributed by atoms with E-state index in [4.69, 9.17) is 38.1 Å². The molecule has 0 saturated carbocycles. The second-order valence-electron chi connectivity index (χ2n) is 31.0. The first-order valence-corrected chi connectivity index (χ1v) is 47.7. The Morgan fingerprint density at radius 3 is 1.22 bits per heavy atom. The van der Waals surface area contributed by atoms with Crippen LogP contribution in [-0.4, -0.2) is 265 Å². The topological polar surface area (TPSA) is 317 Å². The molecule has 0 aliphatic carbocycles. The monoisotopic (exact) mass is 1830 g/mol. The number of nitrogens with zero attached hydrogens (tertiary/aromatic N) is 5. The molecule has 25 nitrogen and oxygen atoms in total. The summed E-state index contributed by atoms with van der Waals surface area (Å²) in [7, 11) is -7.66. The number of alkyl halides is 6. The third-order valence-corrected chi connectivity index (χ3v) is 26.4. The Bertz CT molecular complexity index is 4090. The standard InChI is InChI=1S/C21H16N2.C18H15S.C16H36N.C12H27NO7.C10H19NO3.C9H14F6N2O6S3.C3H9N.H2O/c1-4-10-16(11-5-1)19-20(17-12-6-2-7-13-17)23-21(22-19)18-14-8-3-9-15-18;1-4-10-16(11-5-1)19(17-12-6-2-7-13-17)18-14-8-3-9-15-18;1-5-9-13-17(14-10-6-2,15-11-7-3)16-12-8-4;1-15-10-18-7-4-13(14,5-8-19-11-16-2)6-9-20-12-17-3;1-10(2,3)14-9(13)11-6-4-8(12)5-7-11;1-24(18,19)17-26(22,23)9(14,15)7(10,11)8(12,13)25(20,21)6-2-4-16-5-3-6;1-4(2)3;/h1-15H,(H,22,23);1-15H;5-16H2,1-4H3;4-12H2,1-3H3;8,12H,4-7H2,1-3H3;6,16-17H,2-5H2,1H3;1-3H3;1H2/q;2*+1;;;;;/p-1. The molecule has 3 heterocycles. The molecule has 2 saturated heterocycles. The van der Waals surface area contributed by atoms with Gasteiger partial charge in [0.25, 0.3) is 10.0 Å². The number of sulfonamides is 2. The molecule has 0 bridgehead atoms. The van der Waals surface area contributed by atoms with E-state index < -0.39 is 74.7 Å². The van der Waals surface area contributed by atoms with Gasteiger partial charge in [0, 0.05) is 51.1 Å². The molecule has 700 valence electrons. The minimum Gasteiger partial charge on any atom is -0.870 e. The zero-order valence-electron chi connectivity index (χ0n) is 74.6. The smallest absolute Gasteiger partial charge is 0.429 e. The third-order valence-electron chi connectivity index (χ3n) is 18.8. The molecular formula is C89H137F6N8O17S4+. The van der Waals surface area contributed by atoms with Crippen molar-refractivity contribution in [1.82, 2.24) is 29.2 Å². The first kappa shape index (κ1) is 113. The van der Waals surface area contributed by atoms with E-state index in [-0.39, 0.29) is 72.4 Å². The quantitative estimate of drug-likeness (QED) is 0.00692. The average molecular weight is 1830 g/mol. The Labute approximate surface area is 736 Å². The van der Waals surface area contributed by atoms with Crippen molar-refractivity contribution in [3.8, 4) is 33.9 Å². The predicted molar refractivity (Wildman–Crippen MR) is 479 cm³/mol. The maximum absolute atomic E-state index is 13.9. The van der Waals surface area contributed by atoms with Crippen LogP contribution < -0.4 is 9.44 Å². The molecule has 2 aliphatic rings. The van der Waals surface area contributed by atoms with E-state index >= 15 is 0 Å². The van der Waals surface area contributed by atoms with Gasteiger partial charge in [-0.25, -0.2) is 35.0 Å². The number of aromatic amines is 1. The fourth-order valence-corrected chi connectivity index (χ4v) is 18.8. The van der Waals surface area contributed by atoms with Gasteiger partial charge in [-0.05, 0) is 143 Å². The number of aliphatic hydroxyl groups is 1. The summed E-state index contributed by atoms with van der Waals surface area (Å²) in [6.07, 6.45) is 10.6. The summed E-state index contributed by atoms with van der Waals surface area (Å²) < 4.78 is 186. The molecule has 0 radical (unpaired) electrons. The SMILES string of the molecule is CC(C)(C)OC(=O)N1CCC(O)CC1.CCCC[N+](CCCC)(CCCC)CCCC.CN(C)C.COCOCC[N+]([O-])(CCOCOC)CCOCOC.CS(=O)(=O)NS(=O)(=O)C(F)(F)C(F)(F)C(F)(F)S(=O)(=O)C1CCNCC1.[OH-].c1ccc(-c2nc(-c3ccccc3)c(-c3ccccc3)[nH]2)cc1.c1ccc([S+](c2ccccc2)c2ccccc2)cc1. The number of quaternary nitrogens is 2. The number of carbonyl (C=O) groups excluding carboxylic acids is 1. The van der Waals surface area contributed by atoms with Crippen molar-refractivity contribution in [2.75, 3.05) is 161 Å². The molecule has 2 aliphatic heterocycles. The predicted octanol–water partition coefficient (Wildman–Crippen LogP) is 16.6. The Morgan fingerprint density at radius 2 is 0.887 bits per heavy atom. The van der Waals surface area contributed by atoms with Crippen LogP contribution in [0.5, 0.6) is 0 Å². The summed E-state index contributed by atoms with van der Waals surface area (Å²) in [5.74, 6) is -6.07. The van der Waals surface area contributed by atoms with E-state index in [1.54, 1.807) is 4.90 Å². The van der Waals surface area contributed by atoms with Crippen molar-refractivity contribution >= 4 is 46.9 Å². The van der Waals surface area contributed by atoms with E-state index in [1.165, 1.54) is 118 Å². The number of carbonyl (C=O) groups is 1. The highest BCUT2D eigenvalue weighted by atomic mass is 32.3. The van der Waals surface area contributed by atoms with E-state index in [0.29, 0.717) is 65.4 Å². The summed E-state index contributed by atoms with van der Waals surface area (Å²) in [5, 5.41) is 9.00. The maximum atomic E-state index is 13.9. The summed E-state index contributed by atoms with van der Waals surface area (Å²) in [4.78, 5) is 27.6. The van der Waals surface area contributed by atoms with Crippen LogP contribution in [0.2, 0.25) is 0 Å². The molecule has 2 fully saturated rings. The minimum absolute atomic E-state index is 0. The number of methoxy groups -OCH3 is 3. The Balaban J connectivity index is 0.000000503. The highest BCUT2D eigenvalue weighted by molar-refractivity contribution is 8.05. The van der Waals surface area contributed by atoms with Gasteiger partial charge >= 0.3 is 22.5 Å². The molecule has 1 aromatic heterocycles. The van der Waals surface area contributed by atoms with Crippen molar-refractivity contribution < 1.29 is 109 Å². The summed E-state index contributed by atoms with van der Waals surface area (Å²) in [6, 6.07) is 63.0. The normalized spacial score (nSPS) is 13.8. The van der Waals surface area contributed by atoms with Crippen LogP contribution in [0.4, 0.5) is 31.1 Å². The van der Waals surface area contributed by atoms with Gasteiger partial charge in [-0.15, -0.1) is 4.13 Å². The second kappa shape index (κ2) is 58.5. The number of aliphatic hydroxyl groups excluding tert-OH is 1. The molecular weight excluding hydrogens is 1700 g/mol. The van der Waals surface area contributed by atoms with Gasteiger partial charge in [0.2, 0.25) is 19.9 Å². The van der Waals surface area contributed by atoms with Gasteiger partial charge in [-0.2, -0.15) is 26.3 Å². The number of halogens is 6. The minimum atomic E-state index is -6.96. The van der Waals surface area contributed by atoms with Crippen molar-refractivity contribution in [3.05, 3.63) is 187 Å². The number of H-pyrrole nitrogens is 1. The van der Waals surface area contributed by atoms with Crippen molar-refractivity contribution in [2.24, 2.45) is 0 Å². The molecule has 7 aromatic rings. The number of ether oxygens (including phenoxy) is 7. The number of unbranched alkanes of at least 4 members (excludes halogenated alkanes) is 4. The molecule has 0 spiro atoms. The van der Waals surface area contributed by atoms with Crippen LogP contribution in [0.1, 0.15) is 126 Å². The second-order valence-corrected chi connectivity index (χ2v) is 39.0. The zero-order chi connectivity index (χ0) is 91.7. The number of hydrogen-bond acceptors (Lipinski definition) is 20. The van der Waals surface area contributed by atoms with E-state index in [2.05, 4.69) is 165 Å². The summed E-state index contributed by atoms with van der Waals surface area (Å²) in [5.41, 5.74) is 4.94. The van der Waals surface area contributed by atoms with Crippen molar-refractivity contribution in [2.45, 2.75) is 174 Å². The molecule has 9 rings (SSSR count). The number of benzene rings is 6. The van der Waals surface area contributed by atoms with Crippen LogP contribution >= 0.6 is 0 Å². The maximum Gasteiger partial charge on any atom is 0.429 e. The third kappa shape index (κ3) is 40.1. The first-order chi connectivity index (χ1) is 58.2. The van der Waals surface area contributed by atoms with Crippen LogP contribution in [0.25, 0.3) is 33.9 Å². The lowest BCUT2D eigenvalue weighted by Gasteiger charge is -2.42. The zero-order valence-corrected chi connectivity index (χ0v) is 77.9. The van der Waals surface area contributed by atoms with Gasteiger partial charge in [0.15, 0.2) is 14.7 Å². The Kier molecular flexibility index (Phi) is 53.3. The number of piperidine rings is 2. The summed E-state index contributed by atoms with van der Waals surface area (Å²) >= 11 is 0. The number of nitrogens with one attached hydrogen (secondary N) is 3. The number of sulfone groups is 1. The molecule has 1 amide bonds. The van der Waals surface area contributed by atoms with E-state index in [1.807, 2.05) is 101 Å². The average Bonchev–Trinajstić information content (AvgIpc) is 0.793. The van der Waals surface area contributed by atoms with Crippen LogP contribution in [0, 0.1) is 5.21 Å². The number of hydroxylamine groups is 3. The number of aromatic nitrogens is 2. The van der Waals surface area contributed by atoms with Gasteiger partial charge in [0.1, 0.15) is 51.4 Å². The van der Waals surface area contributed by atoms with Gasteiger partial charge in [-0.1, -0.05) is 199 Å². The lowest BCUT2D eigenvalue weighted by atomic mass is 10.1. The van der Waals surface area contributed by atoms with E-state index in [9.17, 15) is 66.7 Å². The number of hydrogen-bond donors (Lipinski definition) is 4. The van der Waals surface area contributed by atoms with Crippen LogP contribution in [0.15, 0.2) is 197 Å². The van der Waals surface area contributed by atoms with Gasteiger partial charge < -0.3 is 78.2 Å². The number of rotatable bonds is 40.